The topological polar surface area (TPSA) is 25.8 Å². The molecule has 0 saturated carbocycles. The normalized spacial score (nSPS) is 10.0. The van der Waals surface area contributed by atoms with Gasteiger partial charge in [-0.1, -0.05) is 0 Å². The van der Waals surface area contributed by atoms with Gasteiger partial charge < -0.3 is 0 Å². The van der Waals surface area contributed by atoms with Crippen LogP contribution >= 0.6 is 0 Å². The average Bonchev–Trinajstić information content (AvgIpc) is 2.57. The van der Waals surface area contributed by atoms with Crippen LogP contribution in [0.4, 0.5) is 0 Å². The van der Waals surface area contributed by atoms with Crippen molar-refractivity contribution in [1.29, 1.82) is 0 Å². The van der Waals surface area contributed by atoms with Crippen molar-refractivity contribution in [3.05, 3.63) is 72.1 Å². The van der Waals surface area contributed by atoms with Gasteiger partial charge >= 0.3 is 159 Å². The third kappa shape index (κ3) is 5.00. The first-order chi connectivity index (χ1) is 11.5. The number of benzene rings is 2. The maximum absolute atomic E-state index is 4.44. The summed E-state index contributed by atoms with van der Waals surface area (Å²) >= 11 is 6.02. The van der Waals surface area contributed by atoms with Crippen molar-refractivity contribution in [3.8, 4) is 0 Å². The van der Waals surface area contributed by atoms with Gasteiger partial charge in [-0.15, -0.1) is 0 Å². The molecule has 0 amide bonds. The molecule has 0 spiro atoms. The van der Waals surface area contributed by atoms with Crippen molar-refractivity contribution in [3.63, 3.8) is 0 Å². The summed E-state index contributed by atoms with van der Waals surface area (Å²) in [5, 5.41) is 2.38. The molecular weight excluding hydrogens is 621 g/mol. The number of nitrogens with zero attached hydrogens (tertiary/aromatic N) is 2. The zero-order chi connectivity index (χ0) is 17.1. The molecule has 2 nitrogen and oxygen atoms in total. The number of hydrogen-bond acceptors (Lipinski definition) is 2. The number of para-hydroxylation sites is 2. The Hall–Kier alpha value is -1.01. The monoisotopic (exact) mass is 639 g/mol. The molecule has 2 heterocycles. The molecule has 0 bridgehead atoms. The molecule has 4 aromatic rings. The van der Waals surface area contributed by atoms with Gasteiger partial charge in [-0.2, -0.15) is 0 Å². The van der Waals surface area contributed by atoms with Crippen molar-refractivity contribution in [1.82, 2.24) is 9.97 Å². The van der Waals surface area contributed by atoms with Crippen LogP contribution in [0.3, 0.4) is 0 Å². The van der Waals surface area contributed by atoms with E-state index in [1.54, 1.807) is 0 Å². The van der Waals surface area contributed by atoms with Crippen LogP contribution in [-0.4, -0.2) is 42.0 Å². The number of aryl methyl sites for hydroxylation is 2. The zero-order valence-corrected chi connectivity index (χ0v) is 19.5. The van der Waals surface area contributed by atoms with Gasteiger partial charge in [0.05, 0.1) is 0 Å². The fourth-order valence-electron chi connectivity index (χ4n) is 2.43. The molecular formula is C20H16N2PtSe2. The summed E-state index contributed by atoms with van der Waals surface area (Å²) < 4.78 is 2.24. The minimum Gasteiger partial charge on any atom is 0 e. The van der Waals surface area contributed by atoms with Crippen molar-refractivity contribution in [2.75, 3.05) is 0 Å². The summed E-state index contributed by atoms with van der Waals surface area (Å²) in [6.07, 6.45) is 0. The fourth-order valence-corrected chi connectivity index (χ4v) is 3.45. The Bertz CT molecular complexity index is 936. The molecule has 0 fully saturated rings. The Morgan fingerprint density at radius 3 is 1.40 bits per heavy atom. The average molecular weight is 637 g/mol. The summed E-state index contributed by atoms with van der Waals surface area (Å²) in [5.41, 5.74) is 4.26. The third-order valence-electron chi connectivity index (χ3n) is 3.64. The molecule has 0 saturated heterocycles. The molecule has 2 radical (unpaired) electrons. The van der Waals surface area contributed by atoms with Crippen LogP contribution in [0.2, 0.25) is 0 Å². The van der Waals surface area contributed by atoms with Crippen molar-refractivity contribution in [2.45, 2.75) is 13.8 Å². The smallest absolute Gasteiger partial charge is 0 e. The van der Waals surface area contributed by atoms with E-state index in [4.69, 9.17) is 0 Å². The van der Waals surface area contributed by atoms with Crippen LogP contribution in [0.1, 0.15) is 11.4 Å². The Kier molecular flexibility index (Phi) is 7.37. The van der Waals surface area contributed by atoms with E-state index in [1.807, 2.05) is 50.2 Å². The Balaban J connectivity index is 0.000000173. The molecule has 128 valence electrons. The van der Waals surface area contributed by atoms with Gasteiger partial charge in [0.15, 0.2) is 0 Å². The Labute approximate surface area is 178 Å². The standard InChI is InChI=1S/2C10H8NSe.Pt/c2*1-7-5-6-8-3-2-4-9(12)10(8)11-7;/h2*2-6H,1H3;. The van der Waals surface area contributed by atoms with Gasteiger partial charge in [0.1, 0.15) is 0 Å². The SMILES string of the molecule is Cc1ccc2cccc([Se])c2n1.Cc1ccc2cccc([Se])c2n1.[Pt]. The molecule has 0 aliphatic heterocycles. The van der Waals surface area contributed by atoms with Crippen molar-refractivity contribution < 1.29 is 21.1 Å². The van der Waals surface area contributed by atoms with E-state index in [9.17, 15) is 0 Å². The summed E-state index contributed by atoms with van der Waals surface area (Å²) in [7, 11) is 0. The second kappa shape index (κ2) is 9.08. The second-order valence-corrected chi connectivity index (χ2v) is 7.41. The van der Waals surface area contributed by atoms with Crippen LogP contribution in [-0.2, 0) is 21.1 Å². The minimum atomic E-state index is 0. The molecule has 4 rings (SSSR count). The first-order valence-electron chi connectivity index (χ1n) is 7.61. The maximum Gasteiger partial charge on any atom is 0 e. The molecule has 0 atom stereocenters. The molecule has 25 heavy (non-hydrogen) atoms. The minimum absolute atomic E-state index is 0. The molecule has 0 aliphatic carbocycles. The largest absolute Gasteiger partial charge is 0 e. The second-order valence-electron chi connectivity index (χ2n) is 5.56. The van der Waals surface area contributed by atoms with Crippen molar-refractivity contribution >= 4 is 62.8 Å². The predicted octanol–water partition coefficient (Wildman–Crippen LogP) is 2.67. The Morgan fingerprint density at radius 2 is 1.00 bits per heavy atom. The zero-order valence-electron chi connectivity index (χ0n) is 13.8. The predicted molar refractivity (Wildman–Crippen MR) is 104 cm³/mol. The number of rotatable bonds is 0. The van der Waals surface area contributed by atoms with E-state index in [0.29, 0.717) is 0 Å². The van der Waals surface area contributed by atoms with Gasteiger partial charge in [0.2, 0.25) is 0 Å². The summed E-state index contributed by atoms with van der Waals surface area (Å²) in [5.74, 6) is 0. The van der Waals surface area contributed by atoms with Gasteiger partial charge in [-0.25, -0.2) is 0 Å². The van der Waals surface area contributed by atoms with E-state index >= 15 is 0 Å². The molecule has 0 unspecified atom stereocenters. The quantitative estimate of drug-likeness (QED) is 0.278. The number of hydrogen-bond donors (Lipinski definition) is 0. The maximum atomic E-state index is 4.44. The first-order valence-corrected chi connectivity index (χ1v) is 9.33. The van der Waals surface area contributed by atoms with Gasteiger partial charge in [-0.3, -0.25) is 0 Å². The Morgan fingerprint density at radius 1 is 0.600 bits per heavy atom. The van der Waals surface area contributed by atoms with Gasteiger partial charge in [0.25, 0.3) is 0 Å². The molecule has 5 heteroatoms. The first kappa shape index (κ1) is 20.3. The third-order valence-corrected chi connectivity index (χ3v) is 5.03. The molecule has 2 aromatic carbocycles. The van der Waals surface area contributed by atoms with Crippen LogP contribution in [0, 0.1) is 13.8 Å². The molecule has 2 aromatic heterocycles. The number of fused-ring (bicyclic) bond motifs is 2. The van der Waals surface area contributed by atoms with E-state index < -0.39 is 0 Å². The number of aromatic nitrogens is 2. The van der Waals surface area contributed by atoms with Gasteiger partial charge in [-0.05, 0) is 0 Å². The van der Waals surface area contributed by atoms with Crippen LogP contribution < -0.4 is 8.92 Å². The van der Waals surface area contributed by atoms with E-state index in [-0.39, 0.29) is 21.1 Å². The summed E-state index contributed by atoms with van der Waals surface area (Å²) in [6.45, 7) is 4.01. The molecule has 0 N–H and O–H groups in total. The summed E-state index contributed by atoms with van der Waals surface area (Å²) in [4.78, 5) is 8.89. The van der Waals surface area contributed by atoms with Gasteiger partial charge in [0, 0.05) is 21.1 Å². The van der Waals surface area contributed by atoms with Crippen molar-refractivity contribution in [2.24, 2.45) is 0 Å². The van der Waals surface area contributed by atoms with E-state index in [2.05, 4.69) is 66.3 Å². The van der Waals surface area contributed by atoms with Crippen LogP contribution in [0.15, 0.2) is 60.7 Å². The number of pyridine rings is 2. The van der Waals surface area contributed by atoms with E-state index in [1.165, 1.54) is 10.8 Å². The molecule has 0 aliphatic rings. The summed E-state index contributed by atoms with van der Waals surface area (Å²) in [6, 6.07) is 20.5. The van der Waals surface area contributed by atoms with Crippen LogP contribution in [0.25, 0.3) is 21.8 Å². The van der Waals surface area contributed by atoms with E-state index in [0.717, 1.165) is 31.3 Å². The fraction of sp³-hybridized carbons (Fsp3) is 0.100. The van der Waals surface area contributed by atoms with Crippen LogP contribution in [0.5, 0.6) is 0 Å².